The molecule has 0 saturated carbocycles. The van der Waals surface area contributed by atoms with Crippen molar-refractivity contribution in [2.75, 3.05) is 0 Å². The quantitative estimate of drug-likeness (QED) is 0.546. The SMILES string of the molecule is CCCCCC(F)(F)S(=O)(=O)NS(=O)(=O)C(C)(F)F. The molecule has 19 heavy (non-hydrogen) atoms. The zero-order chi connectivity index (χ0) is 15.5. The fourth-order valence-corrected chi connectivity index (χ4v) is 3.64. The van der Waals surface area contributed by atoms with E-state index in [-0.39, 0.29) is 13.3 Å². The Morgan fingerprint density at radius 3 is 1.79 bits per heavy atom. The van der Waals surface area contributed by atoms with Crippen molar-refractivity contribution >= 4 is 20.0 Å². The van der Waals surface area contributed by atoms with Crippen molar-refractivity contribution in [1.82, 2.24) is 4.13 Å². The summed E-state index contributed by atoms with van der Waals surface area (Å²) in [4.78, 5) is 0. The maximum absolute atomic E-state index is 13.3. The summed E-state index contributed by atoms with van der Waals surface area (Å²) in [6.07, 6.45) is -0.468. The van der Waals surface area contributed by atoms with Crippen LogP contribution in [0.15, 0.2) is 0 Å². The number of nitrogens with one attached hydrogen (secondary N) is 1. The maximum atomic E-state index is 13.3. The van der Waals surface area contributed by atoms with Gasteiger partial charge in [-0.25, -0.2) is 16.8 Å². The third-order valence-corrected chi connectivity index (χ3v) is 5.85. The predicted octanol–water partition coefficient (Wildman–Crippen LogP) is 2.02. The summed E-state index contributed by atoms with van der Waals surface area (Å²) in [6.45, 7) is 1.58. The molecule has 0 fully saturated rings. The lowest BCUT2D eigenvalue weighted by atomic mass is 10.2. The van der Waals surface area contributed by atoms with E-state index in [0.29, 0.717) is 17.0 Å². The van der Waals surface area contributed by atoms with Crippen LogP contribution in [0.2, 0.25) is 0 Å². The molecule has 0 spiro atoms. The fraction of sp³-hybridized carbons (Fsp3) is 1.00. The molecule has 0 saturated heterocycles. The van der Waals surface area contributed by atoms with Gasteiger partial charge in [-0.05, 0) is 6.42 Å². The van der Waals surface area contributed by atoms with Gasteiger partial charge in [0.25, 0.3) is 20.0 Å². The zero-order valence-electron chi connectivity index (χ0n) is 10.3. The number of unbranched alkanes of at least 4 members (excludes halogenated alkanes) is 2. The van der Waals surface area contributed by atoms with Gasteiger partial charge in [-0.2, -0.15) is 17.6 Å². The van der Waals surface area contributed by atoms with Crippen molar-refractivity contribution in [3.63, 3.8) is 0 Å². The highest BCUT2D eigenvalue weighted by atomic mass is 32.3. The molecule has 116 valence electrons. The lowest BCUT2D eigenvalue weighted by molar-refractivity contribution is 0.0777. The number of alkyl halides is 4. The monoisotopic (exact) mass is 329 g/mol. The van der Waals surface area contributed by atoms with Crippen LogP contribution in [-0.2, 0) is 20.0 Å². The molecule has 0 rings (SSSR count). The van der Waals surface area contributed by atoms with Gasteiger partial charge in [0.1, 0.15) is 0 Å². The number of halogens is 4. The molecule has 0 aliphatic heterocycles. The molecule has 0 aliphatic carbocycles. The zero-order valence-corrected chi connectivity index (χ0v) is 11.9. The normalized spacial score (nSPS) is 14.6. The van der Waals surface area contributed by atoms with Crippen molar-refractivity contribution in [3.05, 3.63) is 0 Å². The number of hydrogen-bond donors (Lipinski definition) is 1. The Hall–Kier alpha value is -0.420. The first-order valence-corrected chi connectivity index (χ1v) is 8.27. The Morgan fingerprint density at radius 2 is 1.42 bits per heavy atom. The summed E-state index contributed by atoms with van der Waals surface area (Å²) in [5.74, 6) is 0. The standard InChI is InChI=1S/C8H15F4NO4S2/c1-3-4-5-6-8(11,12)19(16,17)13-18(14,15)7(2,9)10/h13H,3-6H2,1-2H3. The fourth-order valence-electron chi connectivity index (χ4n) is 0.994. The molecule has 0 unspecified atom stereocenters. The molecule has 5 nitrogen and oxygen atoms in total. The molecule has 0 bridgehead atoms. The molecule has 0 aromatic rings. The van der Waals surface area contributed by atoms with Crippen molar-refractivity contribution in [2.24, 2.45) is 0 Å². The number of rotatable bonds is 8. The van der Waals surface area contributed by atoms with Crippen LogP contribution in [0.25, 0.3) is 0 Å². The molecule has 0 aromatic heterocycles. The lowest BCUT2D eigenvalue weighted by Crippen LogP contribution is -2.47. The van der Waals surface area contributed by atoms with E-state index in [9.17, 15) is 34.4 Å². The Morgan fingerprint density at radius 1 is 0.947 bits per heavy atom. The second kappa shape index (κ2) is 5.92. The minimum atomic E-state index is -5.73. The Labute approximate surface area is 109 Å². The molecule has 0 aromatic carbocycles. The van der Waals surface area contributed by atoms with Gasteiger partial charge in [0.15, 0.2) is 0 Å². The van der Waals surface area contributed by atoms with Crippen LogP contribution in [0.1, 0.15) is 39.5 Å². The second-order valence-corrected chi connectivity index (χ2v) is 7.99. The van der Waals surface area contributed by atoms with Crippen molar-refractivity contribution in [1.29, 1.82) is 0 Å². The van der Waals surface area contributed by atoms with Gasteiger partial charge in [0.05, 0.1) is 0 Å². The summed E-state index contributed by atoms with van der Waals surface area (Å²) < 4.78 is 96.1. The van der Waals surface area contributed by atoms with Crippen LogP contribution in [0, 0.1) is 0 Å². The molecule has 0 radical (unpaired) electrons. The topological polar surface area (TPSA) is 80.3 Å². The molecular weight excluding hydrogens is 314 g/mol. The van der Waals surface area contributed by atoms with E-state index in [1.54, 1.807) is 6.92 Å². The highest BCUT2D eigenvalue weighted by Crippen LogP contribution is 2.30. The molecular formula is C8H15F4NO4S2. The van der Waals surface area contributed by atoms with E-state index in [1.165, 1.54) is 0 Å². The van der Waals surface area contributed by atoms with Gasteiger partial charge in [0, 0.05) is 13.3 Å². The summed E-state index contributed by atoms with van der Waals surface area (Å²) in [5, 5.41) is -8.92. The molecule has 11 heteroatoms. The van der Waals surface area contributed by atoms with E-state index in [1.807, 2.05) is 0 Å². The molecule has 1 N–H and O–H groups in total. The van der Waals surface area contributed by atoms with Crippen LogP contribution < -0.4 is 4.13 Å². The van der Waals surface area contributed by atoms with Crippen molar-refractivity contribution in [2.45, 2.75) is 50.0 Å². The average molecular weight is 329 g/mol. The van der Waals surface area contributed by atoms with Gasteiger partial charge in [-0.15, -0.1) is 0 Å². The van der Waals surface area contributed by atoms with Crippen LogP contribution in [-0.4, -0.2) is 27.3 Å². The largest absolute Gasteiger partial charge is 0.360 e. The highest BCUT2D eigenvalue weighted by Gasteiger charge is 2.51. The van der Waals surface area contributed by atoms with Crippen LogP contribution >= 0.6 is 0 Å². The second-order valence-electron chi connectivity index (χ2n) is 3.99. The smallest absolute Gasteiger partial charge is 0.205 e. The van der Waals surface area contributed by atoms with Gasteiger partial charge in [-0.3, -0.25) is 0 Å². The Kier molecular flexibility index (Phi) is 5.79. The summed E-state index contributed by atoms with van der Waals surface area (Å²) in [5.41, 5.74) is 0. The van der Waals surface area contributed by atoms with E-state index >= 15 is 0 Å². The minimum Gasteiger partial charge on any atom is -0.205 e. The first-order valence-electron chi connectivity index (χ1n) is 5.30. The summed E-state index contributed by atoms with van der Waals surface area (Å²) >= 11 is 0. The van der Waals surface area contributed by atoms with E-state index in [0.717, 1.165) is 0 Å². The average Bonchev–Trinajstić information content (AvgIpc) is 2.13. The van der Waals surface area contributed by atoms with Crippen LogP contribution in [0.5, 0.6) is 0 Å². The van der Waals surface area contributed by atoms with E-state index in [2.05, 4.69) is 0 Å². The third-order valence-electron chi connectivity index (χ3n) is 2.16. The number of hydrogen-bond acceptors (Lipinski definition) is 4. The molecule has 0 atom stereocenters. The minimum absolute atomic E-state index is 0.111. The summed E-state index contributed by atoms with van der Waals surface area (Å²) in [6, 6.07) is 0. The Balaban J connectivity index is 5.09. The lowest BCUT2D eigenvalue weighted by Gasteiger charge is -2.19. The third kappa shape index (κ3) is 4.88. The molecule has 0 heterocycles. The van der Waals surface area contributed by atoms with Crippen molar-refractivity contribution in [3.8, 4) is 0 Å². The van der Waals surface area contributed by atoms with Gasteiger partial charge in [0.2, 0.25) is 0 Å². The number of sulfonamides is 2. The van der Waals surface area contributed by atoms with Gasteiger partial charge < -0.3 is 0 Å². The molecule has 0 aliphatic rings. The maximum Gasteiger partial charge on any atom is 0.360 e. The van der Waals surface area contributed by atoms with E-state index in [4.69, 9.17) is 0 Å². The predicted molar refractivity (Wildman–Crippen MR) is 60.7 cm³/mol. The van der Waals surface area contributed by atoms with Gasteiger partial charge in [-0.1, -0.05) is 23.9 Å². The van der Waals surface area contributed by atoms with Crippen LogP contribution in [0.4, 0.5) is 17.6 Å². The summed E-state index contributed by atoms with van der Waals surface area (Å²) in [7, 11) is -11.5. The first-order chi connectivity index (χ1) is 8.27. The highest BCUT2D eigenvalue weighted by molar-refractivity contribution is 8.05. The molecule has 0 amide bonds. The van der Waals surface area contributed by atoms with E-state index < -0.39 is 37.0 Å². The first kappa shape index (κ1) is 18.6. The van der Waals surface area contributed by atoms with Crippen molar-refractivity contribution < 1.29 is 34.4 Å². The van der Waals surface area contributed by atoms with Gasteiger partial charge >= 0.3 is 10.5 Å². The Bertz CT molecular complexity index is 495. The van der Waals surface area contributed by atoms with Crippen LogP contribution in [0.3, 0.4) is 0 Å².